The van der Waals surface area contributed by atoms with Gasteiger partial charge in [0.2, 0.25) is 0 Å². The van der Waals surface area contributed by atoms with Gasteiger partial charge in [0.25, 0.3) is 0 Å². The van der Waals surface area contributed by atoms with E-state index in [0.717, 1.165) is 32.2 Å². The number of aromatic nitrogens is 2. The number of hydrogen-bond donors (Lipinski definition) is 2. The van der Waals surface area contributed by atoms with Crippen LogP contribution in [0.1, 0.15) is 36.0 Å². The summed E-state index contributed by atoms with van der Waals surface area (Å²) in [4.78, 5) is 28.0. The Morgan fingerprint density at radius 2 is 1.74 bits per heavy atom. The Hall–Kier alpha value is -4.80. The highest BCUT2D eigenvalue weighted by molar-refractivity contribution is 6.10. The summed E-state index contributed by atoms with van der Waals surface area (Å²) in [5.41, 5.74) is 0.417. The molecule has 3 aliphatic rings. The van der Waals surface area contributed by atoms with Crippen LogP contribution < -0.4 is 19.7 Å². The maximum absolute atomic E-state index is 17.4. The Morgan fingerprint density at radius 3 is 2.51 bits per heavy atom. The zero-order valence-electron chi connectivity index (χ0n) is 26.2. The number of anilines is 1. The summed E-state index contributed by atoms with van der Waals surface area (Å²) in [7, 11) is 2.08. The third kappa shape index (κ3) is 5.61. The van der Waals surface area contributed by atoms with Crippen LogP contribution in [0, 0.1) is 5.82 Å². The van der Waals surface area contributed by atoms with Crippen molar-refractivity contribution in [3.05, 3.63) is 84.2 Å². The van der Waals surface area contributed by atoms with Crippen LogP contribution >= 0.6 is 0 Å². The third-order valence-corrected chi connectivity index (χ3v) is 9.77. The van der Waals surface area contributed by atoms with Crippen molar-refractivity contribution in [1.82, 2.24) is 20.2 Å². The monoisotopic (exact) mass is 633 g/mol. The highest BCUT2D eigenvalue weighted by Gasteiger charge is 2.35. The van der Waals surface area contributed by atoms with Crippen LogP contribution in [0.5, 0.6) is 17.5 Å². The van der Waals surface area contributed by atoms with Crippen LogP contribution in [-0.4, -0.2) is 77.4 Å². The number of nitrogens with one attached hydrogen (secondary N) is 1. The molecule has 3 atom stereocenters. The molecule has 2 bridgehead atoms. The maximum Gasteiger partial charge on any atom is 0.344 e. The molecule has 1 aromatic heterocycles. The first kappa shape index (κ1) is 29.6. The molecule has 4 aromatic carbocycles. The fourth-order valence-corrected chi connectivity index (χ4v) is 7.40. The number of rotatable bonds is 7. The molecule has 10 heteroatoms. The lowest BCUT2D eigenvalue weighted by Crippen LogP contribution is -2.51. The van der Waals surface area contributed by atoms with Crippen LogP contribution in [0.3, 0.4) is 0 Å². The fraction of sp³-hybridized carbons (Fsp3) is 0.324. The summed E-state index contributed by atoms with van der Waals surface area (Å²) < 4.78 is 29.4. The molecule has 0 saturated carbocycles. The number of aromatic hydroxyl groups is 1. The van der Waals surface area contributed by atoms with Crippen molar-refractivity contribution < 1.29 is 23.8 Å². The van der Waals surface area contributed by atoms with Gasteiger partial charge in [-0.15, -0.1) is 0 Å². The second kappa shape index (κ2) is 12.1. The summed E-state index contributed by atoms with van der Waals surface area (Å²) in [6.07, 6.45) is 4.21. The Kier molecular flexibility index (Phi) is 7.61. The minimum absolute atomic E-state index is 0.00274. The molecule has 4 heterocycles. The van der Waals surface area contributed by atoms with Crippen LogP contribution in [0.2, 0.25) is 0 Å². The number of para-hydroxylation sites is 1. The molecule has 8 rings (SSSR count). The standard InChI is InChI=1S/C37H36FN5O4/c1-42-15-7-9-25(42)21-46-37-40-34-31(35(41-37)43-19-23-13-14-24(20-43)39-23)18-30(36(45)47-27-10-3-2-4-11-27)32(33(34)38)29-17-26(44)16-22-8-5-6-12-28(22)29/h2-6,8,10-12,16-18,23-25,39,44H,7,9,13-15,19-21H2,1H3/t23?,24?,25-/m0/s1. The molecule has 3 saturated heterocycles. The van der Waals surface area contributed by atoms with E-state index in [2.05, 4.69) is 27.1 Å². The molecule has 0 amide bonds. The van der Waals surface area contributed by atoms with Gasteiger partial charge in [0, 0.05) is 42.2 Å². The Morgan fingerprint density at radius 1 is 0.979 bits per heavy atom. The van der Waals surface area contributed by atoms with E-state index in [9.17, 15) is 9.90 Å². The number of carbonyl (C=O) groups excluding carboxylic acids is 1. The highest BCUT2D eigenvalue weighted by atomic mass is 19.1. The van der Waals surface area contributed by atoms with E-state index >= 15 is 4.39 Å². The minimum Gasteiger partial charge on any atom is -0.508 e. The lowest BCUT2D eigenvalue weighted by Gasteiger charge is -2.34. The normalized spacial score (nSPS) is 21.1. The Labute approximate surface area is 271 Å². The molecule has 9 nitrogen and oxygen atoms in total. The number of fused-ring (bicyclic) bond motifs is 4. The van der Waals surface area contributed by atoms with Crippen LogP contribution in [-0.2, 0) is 0 Å². The molecule has 47 heavy (non-hydrogen) atoms. The van der Waals surface area contributed by atoms with Crippen molar-refractivity contribution in [2.24, 2.45) is 0 Å². The van der Waals surface area contributed by atoms with Crippen molar-refractivity contribution >= 4 is 33.5 Å². The first-order valence-corrected chi connectivity index (χ1v) is 16.3. The minimum atomic E-state index is -0.727. The van der Waals surface area contributed by atoms with Crippen LogP contribution in [0.15, 0.2) is 72.8 Å². The van der Waals surface area contributed by atoms with Crippen LogP contribution in [0.4, 0.5) is 10.2 Å². The molecule has 2 unspecified atom stereocenters. The molecule has 3 aliphatic heterocycles. The number of ether oxygens (including phenoxy) is 2. The second-order valence-corrected chi connectivity index (χ2v) is 12.9. The van der Waals surface area contributed by atoms with Gasteiger partial charge in [-0.3, -0.25) is 0 Å². The maximum atomic E-state index is 17.4. The number of piperazine rings is 1. The average Bonchev–Trinajstić information content (AvgIpc) is 3.65. The van der Waals surface area contributed by atoms with Gasteiger partial charge in [0.15, 0.2) is 5.82 Å². The number of carbonyl (C=O) groups is 1. The fourth-order valence-electron chi connectivity index (χ4n) is 7.40. The van der Waals surface area contributed by atoms with Gasteiger partial charge < -0.3 is 29.7 Å². The van der Waals surface area contributed by atoms with Crippen molar-refractivity contribution in [3.63, 3.8) is 0 Å². The molecule has 240 valence electrons. The zero-order chi connectivity index (χ0) is 32.1. The lowest BCUT2D eigenvalue weighted by atomic mass is 9.92. The Bertz CT molecular complexity index is 1980. The van der Waals surface area contributed by atoms with E-state index in [4.69, 9.17) is 14.5 Å². The molecule has 5 aromatic rings. The number of likely N-dealkylation sites (tertiary alicyclic amines) is 1. The molecule has 0 radical (unpaired) electrons. The third-order valence-electron chi connectivity index (χ3n) is 9.77. The molecule has 0 aliphatic carbocycles. The predicted octanol–water partition coefficient (Wildman–Crippen LogP) is 5.93. The van der Waals surface area contributed by atoms with Crippen molar-refractivity contribution in [2.45, 2.75) is 43.8 Å². The number of phenols is 1. The molecular weight excluding hydrogens is 597 g/mol. The van der Waals surface area contributed by atoms with Crippen molar-refractivity contribution in [3.8, 4) is 28.6 Å². The largest absolute Gasteiger partial charge is 0.508 e. The van der Waals surface area contributed by atoms with Gasteiger partial charge in [0.1, 0.15) is 29.4 Å². The van der Waals surface area contributed by atoms with Crippen molar-refractivity contribution in [2.75, 3.05) is 38.2 Å². The number of benzene rings is 4. The highest BCUT2D eigenvalue weighted by Crippen LogP contribution is 2.41. The van der Waals surface area contributed by atoms with Gasteiger partial charge in [-0.1, -0.05) is 42.5 Å². The number of phenolic OH excluding ortho intramolecular Hbond substituents is 1. The van der Waals surface area contributed by atoms with E-state index in [0.29, 0.717) is 65.1 Å². The summed E-state index contributed by atoms with van der Waals surface area (Å²) in [6, 6.07) is 21.7. The summed E-state index contributed by atoms with van der Waals surface area (Å²) >= 11 is 0. The predicted molar refractivity (Wildman–Crippen MR) is 179 cm³/mol. The van der Waals surface area contributed by atoms with Gasteiger partial charge in [-0.25, -0.2) is 9.18 Å². The van der Waals surface area contributed by atoms with E-state index in [1.54, 1.807) is 36.4 Å². The summed E-state index contributed by atoms with van der Waals surface area (Å²) in [6.45, 7) is 2.77. The Balaban J connectivity index is 1.34. The average molecular weight is 634 g/mol. The van der Waals surface area contributed by atoms with Gasteiger partial charge in [0.05, 0.1) is 5.56 Å². The first-order chi connectivity index (χ1) is 22.9. The first-order valence-electron chi connectivity index (χ1n) is 16.3. The van der Waals surface area contributed by atoms with Gasteiger partial charge in [-0.2, -0.15) is 9.97 Å². The smallest absolute Gasteiger partial charge is 0.344 e. The van der Waals surface area contributed by atoms with E-state index in [1.165, 1.54) is 6.07 Å². The van der Waals surface area contributed by atoms with Gasteiger partial charge in [-0.05, 0) is 85.9 Å². The number of halogens is 1. The second-order valence-electron chi connectivity index (χ2n) is 12.9. The lowest BCUT2D eigenvalue weighted by molar-refractivity contribution is 0.0735. The molecule has 0 spiro atoms. The van der Waals surface area contributed by atoms with Gasteiger partial charge >= 0.3 is 12.0 Å². The number of hydrogen-bond acceptors (Lipinski definition) is 9. The van der Waals surface area contributed by atoms with Crippen LogP contribution in [0.25, 0.3) is 32.8 Å². The quantitative estimate of drug-likeness (QED) is 0.167. The number of esters is 1. The number of nitrogens with zero attached hydrogens (tertiary/aromatic N) is 4. The summed E-state index contributed by atoms with van der Waals surface area (Å²) in [5, 5.41) is 16.2. The van der Waals surface area contributed by atoms with Crippen molar-refractivity contribution in [1.29, 1.82) is 0 Å². The van der Waals surface area contributed by atoms with E-state index in [1.807, 2.05) is 30.3 Å². The van der Waals surface area contributed by atoms with E-state index in [-0.39, 0.29) is 34.4 Å². The molecule has 2 N–H and O–H groups in total. The SMILES string of the molecule is CN1CCC[C@H]1COc1nc(N2CC3CCC(C2)N3)c2cc(C(=O)Oc3ccccc3)c(-c3cc(O)cc4ccccc34)c(F)c2n1. The topological polar surface area (TPSA) is 100 Å². The molecule has 3 fully saturated rings. The van der Waals surface area contributed by atoms with E-state index < -0.39 is 11.8 Å². The zero-order valence-corrected chi connectivity index (χ0v) is 26.2. The number of likely N-dealkylation sites (N-methyl/N-ethyl adjacent to an activating group) is 1. The molecular formula is C37H36FN5O4. The summed E-state index contributed by atoms with van der Waals surface area (Å²) in [5.74, 6) is -0.619.